The monoisotopic (exact) mass is 715 g/mol. The molecule has 3 heterocycles. The quantitative estimate of drug-likeness (QED) is 0.177. The van der Waals surface area contributed by atoms with Gasteiger partial charge >= 0.3 is 0 Å². The molecule has 0 fully saturated rings. The Labute approximate surface area is 322 Å². The zero-order chi connectivity index (χ0) is 36.7. The lowest BCUT2D eigenvalue weighted by Crippen LogP contribution is -2.10. The minimum Gasteiger partial charge on any atom is -0.456 e. The van der Waals surface area contributed by atoms with E-state index in [1.165, 1.54) is 54.4 Å². The van der Waals surface area contributed by atoms with Crippen molar-refractivity contribution in [3.8, 4) is 11.4 Å². The third-order valence-corrected chi connectivity index (χ3v) is 11.5. The molecule has 0 aliphatic carbocycles. The second-order valence-corrected chi connectivity index (χ2v) is 14.6. The van der Waals surface area contributed by atoms with Crippen LogP contribution in [0, 0.1) is 0 Å². The zero-order valence-corrected chi connectivity index (χ0v) is 30.3. The summed E-state index contributed by atoms with van der Waals surface area (Å²) in [5, 5.41) is 9.59. The summed E-state index contributed by atoms with van der Waals surface area (Å²) >= 11 is 0. The molecule has 0 radical (unpaired) electrons. The topological polar surface area (TPSA) is 26.2 Å². The lowest BCUT2D eigenvalue weighted by Gasteiger charge is -2.27. The van der Waals surface area contributed by atoms with Crippen LogP contribution in [0.25, 0.3) is 87.7 Å². The van der Waals surface area contributed by atoms with Gasteiger partial charge in [-0.2, -0.15) is 0 Å². The van der Waals surface area contributed by atoms with Gasteiger partial charge in [0.25, 0.3) is 0 Å². The number of rotatable bonds is 5. The zero-order valence-electron chi connectivity index (χ0n) is 30.3. The van der Waals surface area contributed by atoms with Crippen molar-refractivity contribution >= 4 is 93.4 Å². The number of fused-ring (bicyclic) bond motifs is 10. The van der Waals surface area contributed by atoms with Crippen molar-refractivity contribution in [3.05, 3.63) is 200 Å². The number of para-hydroxylation sites is 4. The normalized spacial score (nSPS) is 11.9. The van der Waals surface area contributed by atoms with Crippen molar-refractivity contribution in [2.45, 2.75) is 0 Å². The van der Waals surface area contributed by atoms with E-state index in [2.05, 4.69) is 208 Å². The predicted molar refractivity (Wildman–Crippen MR) is 235 cm³/mol. The molecular weight excluding hydrogens is 683 g/mol. The minimum atomic E-state index is 0.865. The molecule has 12 aromatic rings. The molecule has 56 heavy (non-hydrogen) atoms. The van der Waals surface area contributed by atoms with Crippen molar-refractivity contribution in [3.63, 3.8) is 0 Å². The van der Waals surface area contributed by atoms with Crippen LogP contribution < -0.4 is 4.90 Å². The van der Waals surface area contributed by atoms with Crippen LogP contribution in [0.1, 0.15) is 0 Å². The average molecular weight is 716 g/mol. The molecule has 262 valence electrons. The Morgan fingerprint density at radius 1 is 0.339 bits per heavy atom. The molecule has 0 aliphatic heterocycles. The molecule has 0 atom stereocenters. The summed E-state index contributed by atoms with van der Waals surface area (Å²) in [6.45, 7) is 0. The SMILES string of the molecule is c1ccc(-n2c3ccccc3c3cc(N(c4ccc(-n5c6ccccc6c6cc7ccccc7cc65)cc4)c4cccc5oc6ccccc6c45)ccc32)cc1. The lowest BCUT2D eigenvalue weighted by atomic mass is 10.1. The summed E-state index contributed by atoms with van der Waals surface area (Å²) in [4.78, 5) is 2.39. The third kappa shape index (κ3) is 4.53. The smallest absolute Gasteiger partial charge is 0.137 e. The fourth-order valence-corrected chi connectivity index (χ4v) is 9.01. The molecule has 9 aromatic carbocycles. The second-order valence-electron chi connectivity index (χ2n) is 14.6. The fourth-order valence-electron chi connectivity index (χ4n) is 9.01. The van der Waals surface area contributed by atoms with Crippen LogP contribution in [0.4, 0.5) is 17.1 Å². The number of furan rings is 1. The predicted octanol–water partition coefficient (Wildman–Crippen LogP) is 14.4. The molecule has 0 amide bonds. The number of hydrogen-bond donors (Lipinski definition) is 0. The molecule has 0 saturated carbocycles. The van der Waals surface area contributed by atoms with Gasteiger partial charge in [-0.15, -0.1) is 0 Å². The van der Waals surface area contributed by atoms with Gasteiger partial charge in [0.05, 0.1) is 33.1 Å². The molecule has 12 rings (SSSR count). The average Bonchev–Trinajstić information content (AvgIpc) is 3.91. The highest BCUT2D eigenvalue weighted by Gasteiger charge is 2.22. The van der Waals surface area contributed by atoms with E-state index < -0.39 is 0 Å². The van der Waals surface area contributed by atoms with Crippen LogP contribution in [0.5, 0.6) is 0 Å². The largest absolute Gasteiger partial charge is 0.456 e. The first-order valence-electron chi connectivity index (χ1n) is 19.1. The molecule has 0 spiro atoms. The number of nitrogens with zero attached hydrogens (tertiary/aromatic N) is 3. The van der Waals surface area contributed by atoms with Crippen molar-refractivity contribution < 1.29 is 4.42 Å². The molecule has 3 aromatic heterocycles. The maximum absolute atomic E-state index is 6.44. The molecule has 0 bridgehead atoms. The Morgan fingerprint density at radius 2 is 0.893 bits per heavy atom. The molecular formula is C52H33N3O. The van der Waals surface area contributed by atoms with Crippen molar-refractivity contribution in [2.75, 3.05) is 4.90 Å². The molecule has 0 aliphatic rings. The number of anilines is 3. The van der Waals surface area contributed by atoms with E-state index in [1.807, 2.05) is 6.07 Å². The van der Waals surface area contributed by atoms with Crippen molar-refractivity contribution in [1.29, 1.82) is 0 Å². The maximum Gasteiger partial charge on any atom is 0.137 e. The first-order chi connectivity index (χ1) is 27.8. The maximum atomic E-state index is 6.44. The first-order valence-corrected chi connectivity index (χ1v) is 19.1. The standard InChI is InChI=1S/C52H33N3O/c1-2-15-36(16-3-1)54-45-20-9-7-18-41(45)44-33-39(29-30-47(44)54)53(48-22-12-24-51-52(48)42-19-8-11-23-50(42)56-51)37-25-27-38(28-26-37)55-46-21-10-6-17-40(46)43-31-34-13-4-5-14-35(34)32-49(43)55/h1-33H. The highest BCUT2D eigenvalue weighted by molar-refractivity contribution is 6.16. The van der Waals surface area contributed by atoms with E-state index in [4.69, 9.17) is 4.42 Å². The van der Waals surface area contributed by atoms with Gasteiger partial charge in [0, 0.05) is 49.7 Å². The summed E-state index contributed by atoms with van der Waals surface area (Å²) in [6, 6.07) is 72.0. The number of hydrogen-bond acceptors (Lipinski definition) is 2. The van der Waals surface area contributed by atoms with Crippen molar-refractivity contribution in [2.24, 2.45) is 0 Å². The van der Waals surface area contributed by atoms with E-state index in [0.29, 0.717) is 0 Å². The Bertz CT molecular complexity index is 3480. The third-order valence-electron chi connectivity index (χ3n) is 11.5. The highest BCUT2D eigenvalue weighted by atomic mass is 16.3. The second kappa shape index (κ2) is 12.0. The molecule has 0 N–H and O–H groups in total. The van der Waals surface area contributed by atoms with Gasteiger partial charge in [0.2, 0.25) is 0 Å². The summed E-state index contributed by atoms with van der Waals surface area (Å²) in [5.41, 5.74) is 11.9. The van der Waals surface area contributed by atoms with E-state index in [1.54, 1.807) is 0 Å². The van der Waals surface area contributed by atoms with Gasteiger partial charge in [-0.25, -0.2) is 0 Å². The number of benzene rings is 9. The Morgan fingerprint density at radius 3 is 1.66 bits per heavy atom. The van der Waals surface area contributed by atoms with Gasteiger partial charge in [-0.05, 0) is 108 Å². The molecule has 0 unspecified atom stereocenters. The Hall–Kier alpha value is -7.56. The van der Waals surface area contributed by atoms with Crippen molar-refractivity contribution in [1.82, 2.24) is 9.13 Å². The van der Waals surface area contributed by atoms with Gasteiger partial charge in [-0.3, -0.25) is 0 Å². The molecule has 0 saturated heterocycles. The Kier molecular flexibility index (Phi) is 6.60. The van der Waals surface area contributed by atoms with E-state index >= 15 is 0 Å². The Balaban J connectivity index is 1.09. The van der Waals surface area contributed by atoms with Gasteiger partial charge in [-0.1, -0.05) is 103 Å². The summed E-state index contributed by atoms with van der Waals surface area (Å²) in [7, 11) is 0. The van der Waals surface area contributed by atoms with Crippen LogP contribution >= 0.6 is 0 Å². The summed E-state index contributed by atoms with van der Waals surface area (Å²) < 4.78 is 11.2. The van der Waals surface area contributed by atoms with Crippen LogP contribution in [0.15, 0.2) is 205 Å². The van der Waals surface area contributed by atoms with Crippen LogP contribution in [-0.4, -0.2) is 9.13 Å². The van der Waals surface area contributed by atoms with Crippen LogP contribution in [0.2, 0.25) is 0 Å². The van der Waals surface area contributed by atoms with Gasteiger partial charge in [0.15, 0.2) is 0 Å². The number of aromatic nitrogens is 2. The molecule has 4 heteroatoms. The highest BCUT2D eigenvalue weighted by Crippen LogP contribution is 2.45. The van der Waals surface area contributed by atoms with Crippen LogP contribution in [0.3, 0.4) is 0 Å². The molecule has 4 nitrogen and oxygen atoms in total. The minimum absolute atomic E-state index is 0.865. The van der Waals surface area contributed by atoms with Crippen LogP contribution in [-0.2, 0) is 0 Å². The first kappa shape index (κ1) is 30.9. The van der Waals surface area contributed by atoms with E-state index in [-0.39, 0.29) is 0 Å². The van der Waals surface area contributed by atoms with E-state index in [9.17, 15) is 0 Å². The van der Waals surface area contributed by atoms with Gasteiger partial charge < -0.3 is 18.5 Å². The summed E-state index contributed by atoms with van der Waals surface area (Å²) in [6.07, 6.45) is 0. The fraction of sp³-hybridized carbons (Fsp3) is 0. The van der Waals surface area contributed by atoms with Gasteiger partial charge in [0.1, 0.15) is 11.2 Å². The summed E-state index contributed by atoms with van der Waals surface area (Å²) in [5.74, 6) is 0. The van der Waals surface area contributed by atoms with E-state index in [0.717, 1.165) is 50.4 Å². The lowest BCUT2D eigenvalue weighted by molar-refractivity contribution is 0.669.